The summed E-state index contributed by atoms with van der Waals surface area (Å²) in [6, 6.07) is 14.0. The van der Waals surface area contributed by atoms with Crippen LogP contribution in [0.3, 0.4) is 0 Å². The zero-order valence-electron chi connectivity index (χ0n) is 13.3. The Balaban J connectivity index is 1.91. The first-order chi connectivity index (χ1) is 12.0. The van der Waals surface area contributed by atoms with Crippen molar-refractivity contribution in [3.63, 3.8) is 0 Å². The minimum absolute atomic E-state index is 0.0393. The second-order valence-corrected chi connectivity index (χ2v) is 5.42. The molecule has 1 atom stereocenters. The maximum absolute atomic E-state index is 11.8. The summed E-state index contributed by atoms with van der Waals surface area (Å²) in [5.74, 6) is -1.19. The molecule has 2 aromatic rings. The van der Waals surface area contributed by atoms with Gasteiger partial charge in [-0.25, -0.2) is 9.59 Å². The molecule has 0 aliphatic heterocycles. The Morgan fingerprint density at radius 3 is 2.20 bits per heavy atom. The van der Waals surface area contributed by atoms with Gasteiger partial charge in [-0.15, -0.1) is 0 Å². The van der Waals surface area contributed by atoms with Crippen molar-refractivity contribution >= 4 is 24.6 Å². The summed E-state index contributed by atoms with van der Waals surface area (Å²) in [5.41, 5.74) is 1.72. The van der Waals surface area contributed by atoms with Crippen LogP contribution in [0.4, 0.5) is 4.79 Å². The molecule has 0 saturated carbocycles. The van der Waals surface area contributed by atoms with Crippen molar-refractivity contribution in [2.24, 2.45) is 0 Å². The Hall–Kier alpha value is -2.84. The highest BCUT2D eigenvalue weighted by atomic mass is 16.5. The van der Waals surface area contributed by atoms with Gasteiger partial charge < -0.3 is 25.2 Å². The van der Waals surface area contributed by atoms with Crippen molar-refractivity contribution < 1.29 is 29.5 Å². The highest BCUT2D eigenvalue weighted by Gasteiger charge is 2.21. The lowest BCUT2D eigenvalue weighted by molar-refractivity contribution is -0.139. The lowest BCUT2D eigenvalue weighted by atomic mass is 9.80. The Morgan fingerprint density at radius 1 is 1.00 bits per heavy atom. The number of nitrogens with one attached hydrogen (secondary N) is 1. The van der Waals surface area contributed by atoms with Gasteiger partial charge in [0.05, 0.1) is 0 Å². The smallest absolute Gasteiger partial charge is 0.480 e. The number of carboxylic acids is 1. The molecule has 1 amide bonds. The van der Waals surface area contributed by atoms with Crippen molar-refractivity contribution in [3.8, 4) is 0 Å². The zero-order valence-corrected chi connectivity index (χ0v) is 13.3. The van der Waals surface area contributed by atoms with E-state index >= 15 is 0 Å². The molecule has 0 saturated heterocycles. The van der Waals surface area contributed by atoms with Crippen LogP contribution in [0.5, 0.6) is 0 Å². The van der Waals surface area contributed by atoms with Crippen molar-refractivity contribution in [2.45, 2.75) is 19.1 Å². The Labute approximate surface area is 145 Å². The largest absolute Gasteiger partial charge is 0.488 e. The van der Waals surface area contributed by atoms with Gasteiger partial charge in [0.15, 0.2) is 0 Å². The van der Waals surface area contributed by atoms with Gasteiger partial charge in [0.25, 0.3) is 0 Å². The van der Waals surface area contributed by atoms with E-state index in [0.717, 1.165) is 5.56 Å². The number of hydrogen-bond acceptors (Lipinski definition) is 5. The minimum atomic E-state index is -1.59. The Kier molecular flexibility index (Phi) is 6.56. The van der Waals surface area contributed by atoms with Crippen LogP contribution in [0.2, 0.25) is 0 Å². The summed E-state index contributed by atoms with van der Waals surface area (Å²) in [7, 11) is -1.59. The summed E-state index contributed by atoms with van der Waals surface area (Å²) in [5, 5.41) is 29.7. The van der Waals surface area contributed by atoms with E-state index in [9.17, 15) is 14.7 Å². The first kappa shape index (κ1) is 18.5. The molecule has 130 valence electrons. The number of alkyl carbamates (subject to hydrolysis) is 1. The number of ether oxygens (including phenoxy) is 1. The Bertz CT molecular complexity index is 705. The fraction of sp³-hybridized carbons (Fsp3) is 0.176. The van der Waals surface area contributed by atoms with E-state index in [1.54, 1.807) is 24.3 Å². The van der Waals surface area contributed by atoms with E-state index in [1.165, 1.54) is 12.1 Å². The van der Waals surface area contributed by atoms with Crippen LogP contribution in [0, 0.1) is 0 Å². The lowest BCUT2D eigenvalue weighted by Crippen LogP contribution is -2.42. The SMILES string of the molecule is O=C(N[C@@H](Cc1ccc(B(O)O)cc1)C(=O)O)OCc1ccccc1. The normalized spacial score (nSPS) is 11.4. The number of aliphatic carboxylic acids is 1. The van der Waals surface area contributed by atoms with E-state index < -0.39 is 25.2 Å². The van der Waals surface area contributed by atoms with Crippen LogP contribution >= 0.6 is 0 Å². The predicted octanol–water partition coefficient (Wildman–Crippen LogP) is 0.288. The summed E-state index contributed by atoms with van der Waals surface area (Å²) in [4.78, 5) is 23.1. The third kappa shape index (κ3) is 5.94. The molecule has 0 radical (unpaired) electrons. The van der Waals surface area contributed by atoms with Crippen LogP contribution in [0.25, 0.3) is 0 Å². The summed E-state index contributed by atoms with van der Waals surface area (Å²) < 4.78 is 5.02. The van der Waals surface area contributed by atoms with Crippen LogP contribution in [-0.4, -0.2) is 40.4 Å². The number of amides is 1. The summed E-state index contributed by atoms with van der Waals surface area (Å²) >= 11 is 0. The molecule has 0 heterocycles. The van der Waals surface area contributed by atoms with Gasteiger partial charge in [0.1, 0.15) is 12.6 Å². The fourth-order valence-corrected chi connectivity index (χ4v) is 2.17. The van der Waals surface area contributed by atoms with Crippen molar-refractivity contribution in [1.29, 1.82) is 0 Å². The van der Waals surface area contributed by atoms with Gasteiger partial charge in [-0.2, -0.15) is 0 Å². The number of carbonyl (C=O) groups excluding carboxylic acids is 1. The number of carboxylic acid groups (broad SMARTS) is 1. The molecule has 2 aromatic carbocycles. The molecule has 0 aliphatic rings. The monoisotopic (exact) mass is 343 g/mol. The first-order valence-electron chi connectivity index (χ1n) is 7.60. The Morgan fingerprint density at radius 2 is 1.64 bits per heavy atom. The number of carbonyl (C=O) groups is 2. The molecule has 2 rings (SSSR count). The predicted molar refractivity (Wildman–Crippen MR) is 91.2 cm³/mol. The summed E-state index contributed by atoms with van der Waals surface area (Å²) in [6.07, 6.45) is -0.781. The number of rotatable bonds is 7. The maximum Gasteiger partial charge on any atom is 0.488 e. The average Bonchev–Trinajstić information content (AvgIpc) is 2.60. The standard InChI is InChI=1S/C17H18BNO6/c20-16(21)15(10-12-6-8-14(9-7-12)18(23)24)19-17(22)25-11-13-4-2-1-3-5-13/h1-9,15,23-24H,10-11H2,(H,19,22)(H,20,21)/t15-/m0/s1. The van der Waals surface area contributed by atoms with Crippen molar-refractivity contribution in [1.82, 2.24) is 5.32 Å². The molecule has 0 aliphatic carbocycles. The van der Waals surface area contributed by atoms with Gasteiger partial charge in [-0.1, -0.05) is 54.6 Å². The van der Waals surface area contributed by atoms with Gasteiger partial charge in [0.2, 0.25) is 0 Å². The van der Waals surface area contributed by atoms with Crippen LogP contribution in [0.1, 0.15) is 11.1 Å². The molecule has 7 nitrogen and oxygen atoms in total. The third-order valence-corrected chi connectivity index (χ3v) is 3.52. The molecule has 25 heavy (non-hydrogen) atoms. The van der Waals surface area contributed by atoms with E-state index in [1.807, 2.05) is 18.2 Å². The van der Waals surface area contributed by atoms with Crippen LogP contribution in [0.15, 0.2) is 54.6 Å². The van der Waals surface area contributed by atoms with Gasteiger partial charge in [-0.05, 0) is 16.6 Å². The first-order valence-corrected chi connectivity index (χ1v) is 7.60. The maximum atomic E-state index is 11.8. The van der Waals surface area contributed by atoms with Crippen LogP contribution in [-0.2, 0) is 22.6 Å². The van der Waals surface area contributed by atoms with Crippen molar-refractivity contribution in [2.75, 3.05) is 0 Å². The topological polar surface area (TPSA) is 116 Å². The highest BCUT2D eigenvalue weighted by Crippen LogP contribution is 2.05. The van der Waals surface area contributed by atoms with E-state index in [0.29, 0.717) is 11.0 Å². The lowest BCUT2D eigenvalue weighted by Gasteiger charge is -2.15. The van der Waals surface area contributed by atoms with Gasteiger partial charge in [-0.3, -0.25) is 0 Å². The van der Waals surface area contributed by atoms with E-state index in [-0.39, 0.29) is 13.0 Å². The molecule has 0 fully saturated rings. The second-order valence-electron chi connectivity index (χ2n) is 5.42. The van der Waals surface area contributed by atoms with Gasteiger partial charge in [0, 0.05) is 6.42 Å². The second kappa shape index (κ2) is 8.86. The number of benzene rings is 2. The van der Waals surface area contributed by atoms with Gasteiger partial charge >= 0.3 is 19.2 Å². The molecule has 4 N–H and O–H groups in total. The molecule has 0 bridgehead atoms. The molecule has 0 unspecified atom stereocenters. The summed E-state index contributed by atoms with van der Waals surface area (Å²) in [6.45, 7) is 0.0437. The zero-order chi connectivity index (χ0) is 18.2. The quantitative estimate of drug-likeness (QED) is 0.537. The van der Waals surface area contributed by atoms with E-state index in [4.69, 9.17) is 14.8 Å². The average molecular weight is 343 g/mol. The number of hydrogen-bond donors (Lipinski definition) is 4. The molecule has 0 spiro atoms. The van der Waals surface area contributed by atoms with Crippen molar-refractivity contribution in [3.05, 3.63) is 65.7 Å². The highest BCUT2D eigenvalue weighted by molar-refractivity contribution is 6.58. The van der Waals surface area contributed by atoms with E-state index in [2.05, 4.69) is 5.32 Å². The molecule has 0 aromatic heterocycles. The minimum Gasteiger partial charge on any atom is -0.480 e. The fourth-order valence-electron chi connectivity index (χ4n) is 2.17. The molecule has 8 heteroatoms. The molecular formula is C17H18BNO6. The third-order valence-electron chi connectivity index (χ3n) is 3.52. The molecular weight excluding hydrogens is 325 g/mol. The van der Waals surface area contributed by atoms with Crippen LogP contribution < -0.4 is 10.8 Å².